The highest BCUT2D eigenvalue weighted by Gasteiger charge is 2.32. The number of rotatable bonds is 3. The topological polar surface area (TPSA) is 67.9 Å². The third-order valence-electron chi connectivity index (χ3n) is 5.46. The van der Waals surface area contributed by atoms with E-state index in [9.17, 15) is 9.59 Å². The van der Waals surface area contributed by atoms with Crippen molar-refractivity contribution in [2.45, 2.75) is 12.5 Å². The van der Waals surface area contributed by atoms with Crippen molar-refractivity contribution in [2.24, 2.45) is 0 Å². The van der Waals surface area contributed by atoms with Crippen LogP contribution in [-0.2, 0) is 0 Å². The molecule has 1 aromatic carbocycles. The summed E-state index contributed by atoms with van der Waals surface area (Å²) >= 11 is 6.27. The Morgan fingerprint density at radius 2 is 1.92 bits per heavy atom. The van der Waals surface area contributed by atoms with Gasteiger partial charge in [-0.1, -0.05) is 11.6 Å². The van der Waals surface area contributed by atoms with E-state index in [0.29, 0.717) is 35.4 Å². The first-order valence-corrected chi connectivity index (χ1v) is 9.60. The molecule has 3 heterocycles. The summed E-state index contributed by atoms with van der Waals surface area (Å²) in [6.07, 6.45) is 1.01. The number of amides is 3. The lowest BCUT2D eigenvalue weighted by atomic mass is 10.1. The summed E-state index contributed by atoms with van der Waals surface area (Å²) in [5.41, 5.74) is 1.19. The number of anilines is 1. The van der Waals surface area contributed by atoms with Crippen LogP contribution in [0.3, 0.4) is 0 Å². The van der Waals surface area contributed by atoms with E-state index in [4.69, 9.17) is 11.6 Å². The highest BCUT2D eigenvalue weighted by molar-refractivity contribution is 6.34. The van der Waals surface area contributed by atoms with Gasteiger partial charge in [0.2, 0.25) is 0 Å². The minimum absolute atomic E-state index is 0.0140. The maximum absolute atomic E-state index is 13.0. The van der Waals surface area contributed by atoms with Gasteiger partial charge < -0.3 is 15.5 Å². The van der Waals surface area contributed by atoms with Gasteiger partial charge in [-0.05, 0) is 24.6 Å². The van der Waals surface area contributed by atoms with Gasteiger partial charge in [0.05, 0.1) is 10.7 Å². The van der Waals surface area contributed by atoms with Crippen LogP contribution in [0.5, 0.6) is 0 Å². The largest absolute Gasteiger partial charge is 0.337 e. The number of carbonyl (C=O) groups is 2. The Labute approximate surface area is 158 Å². The minimum atomic E-state index is -0.170. The molecule has 3 aliphatic heterocycles. The van der Waals surface area contributed by atoms with E-state index in [1.807, 2.05) is 4.90 Å². The molecule has 8 heteroatoms. The average Bonchev–Trinajstić information content (AvgIpc) is 3.32. The first-order chi connectivity index (χ1) is 12.6. The summed E-state index contributed by atoms with van der Waals surface area (Å²) in [5.74, 6) is 0.0140. The molecule has 1 atom stereocenters. The Kier molecular flexibility index (Phi) is 5.02. The van der Waals surface area contributed by atoms with Crippen molar-refractivity contribution < 1.29 is 9.59 Å². The van der Waals surface area contributed by atoms with Gasteiger partial charge in [-0.15, -0.1) is 0 Å². The lowest BCUT2D eigenvalue weighted by Crippen LogP contribution is -2.49. The molecule has 3 aliphatic rings. The molecule has 0 saturated carbocycles. The van der Waals surface area contributed by atoms with Crippen LogP contribution in [0.1, 0.15) is 16.8 Å². The fraction of sp³-hybridized carbons (Fsp3) is 0.556. The van der Waals surface area contributed by atoms with Crippen molar-refractivity contribution in [3.63, 3.8) is 0 Å². The maximum atomic E-state index is 13.0. The predicted octanol–water partition coefficient (Wildman–Crippen LogP) is 0.989. The Hall–Kier alpha value is -1.83. The second-order valence-corrected chi connectivity index (χ2v) is 7.44. The van der Waals surface area contributed by atoms with E-state index in [1.165, 1.54) is 0 Å². The third kappa shape index (κ3) is 3.39. The van der Waals surface area contributed by atoms with E-state index < -0.39 is 0 Å². The van der Waals surface area contributed by atoms with Crippen molar-refractivity contribution in [1.82, 2.24) is 20.4 Å². The minimum Gasteiger partial charge on any atom is -0.337 e. The number of benzene rings is 1. The summed E-state index contributed by atoms with van der Waals surface area (Å²) < 4.78 is 0. The van der Waals surface area contributed by atoms with Crippen molar-refractivity contribution in [1.29, 1.82) is 0 Å². The molecule has 1 aromatic rings. The van der Waals surface area contributed by atoms with Gasteiger partial charge >= 0.3 is 6.03 Å². The fourth-order valence-corrected chi connectivity index (χ4v) is 4.23. The summed E-state index contributed by atoms with van der Waals surface area (Å²) in [4.78, 5) is 30.9. The third-order valence-corrected chi connectivity index (χ3v) is 5.78. The second-order valence-electron chi connectivity index (χ2n) is 7.03. The molecule has 140 valence electrons. The molecule has 0 radical (unpaired) electrons. The van der Waals surface area contributed by atoms with Gasteiger partial charge in [-0.25, -0.2) is 4.79 Å². The SMILES string of the molecule is O=C(c1ccc(Cl)c(N2CCNC2=O)c1)N1CCC(N2CCNCC2)C1. The number of piperazine rings is 1. The van der Waals surface area contributed by atoms with Gasteiger partial charge in [0.1, 0.15) is 0 Å². The molecule has 0 aromatic heterocycles. The van der Waals surface area contributed by atoms with Crippen LogP contribution in [0.15, 0.2) is 18.2 Å². The molecular weight excluding hydrogens is 354 g/mol. The van der Waals surface area contributed by atoms with Crippen molar-refractivity contribution >= 4 is 29.2 Å². The number of halogens is 1. The van der Waals surface area contributed by atoms with Gasteiger partial charge in [-0.2, -0.15) is 0 Å². The predicted molar refractivity (Wildman–Crippen MR) is 101 cm³/mol. The number of carbonyl (C=O) groups excluding carboxylic acids is 2. The number of hydrogen-bond donors (Lipinski definition) is 2. The molecule has 4 rings (SSSR count). The van der Waals surface area contributed by atoms with Crippen LogP contribution in [0.25, 0.3) is 0 Å². The normalized spacial score (nSPS) is 24.2. The van der Waals surface area contributed by atoms with Crippen LogP contribution < -0.4 is 15.5 Å². The Balaban J connectivity index is 1.47. The lowest BCUT2D eigenvalue weighted by molar-refractivity contribution is 0.0773. The smallest absolute Gasteiger partial charge is 0.322 e. The highest BCUT2D eigenvalue weighted by atomic mass is 35.5. The average molecular weight is 378 g/mol. The maximum Gasteiger partial charge on any atom is 0.322 e. The number of likely N-dealkylation sites (tertiary alicyclic amines) is 1. The molecule has 26 heavy (non-hydrogen) atoms. The van der Waals surface area contributed by atoms with E-state index in [1.54, 1.807) is 23.1 Å². The quantitative estimate of drug-likeness (QED) is 0.824. The number of hydrogen-bond acceptors (Lipinski definition) is 4. The molecule has 0 spiro atoms. The van der Waals surface area contributed by atoms with Crippen LogP contribution in [0, 0.1) is 0 Å². The molecule has 7 nitrogen and oxygen atoms in total. The summed E-state index contributed by atoms with van der Waals surface area (Å²) in [7, 11) is 0. The van der Waals surface area contributed by atoms with Crippen molar-refractivity contribution in [3.8, 4) is 0 Å². The zero-order valence-electron chi connectivity index (χ0n) is 14.7. The first-order valence-electron chi connectivity index (χ1n) is 9.22. The summed E-state index contributed by atoms with van der Waals surface area (Å²) in [6, 6.07) is 5.47. The molecular formula is C18H24ClN5O2. The molecule has 2 N–H and O–H groups in total. The van der Waals surface area contributed by atoms with Gasteiger partial charge in [0, 0.05) is 64.0 Å². The van der Waals surface area contributed by atoms with Crippen molar-refractivity contribution in [3.05, 3.63) is 28.8 Å². The van der Waals surface area contributed by atoms with Crippen molar-refractivity contribution in [2.75, 3.05) is 57.3 Å². The lowest BCUT2D eigenvalue weighted by Gasteiger charge is -2.32. The van der Waals surface area contributed by atoms with Gasteiger partial charge in [0.25, 0.3) is 5.91 Å². The number of nitrogens with zero attached hydrogens (tertiary/aromatic N) is 3. The van der Waals surface area contributed by atoms with Crippen LogP contribution in [0.4, 0.5) is 10.5 Å². The second kappa shape index (κ2) is 7.42. The molecule has 0 bridgehead atoms. The Bertz CT molecular complexity index is 707. The molecule has 3 fully saturated rings. The van der Waals surface area contributed by atoms with E-state index in [2.05, 4.69) is 15.5 Å². The fourth-order valence-electron chi connectivity index (χ4n) is 4.01. The summed E-state index contributed by atoms with van der Waals surface area (Å²) in [5, 5.41) is 6.62. The summed E-state index contributed by atoms with van der Waals surface area (Å²) in [6.45, 7) is 6.81. The van der Waals surface area contributed by atoms with Gasteiger partial charge in [-0.3, -0.25) is 14.6 Å². The monoisotopic (exact) mass is 377 g/mol. The molecule has 3 saturated heterocycles. The molecule has 3 amide bonds. The zero-order valence-corrected chi connectivity index (χ0v) is 15.5. The van der Waals surface area contributed by atoms with Gasteiger partial charge in [0.15, 0.2) is 0 Å². The number of urea groups is 1. The van der Waals surface area contributed by atoms with E-state index in [0.717, 1.165) is 45.7 Å². The van der Waals surface area contributed by atoms with Crippen LogP contribution in [-0.4, -0.2) is 80.1 Å². The Morgan fingerprint density at radius 3 is 2.65 bits per heavy atom. The highest BCUT2D eigenvalue weighted by Crippen LogP contribution is 2.29. The molecule has 0 aliphatic carbocycles. The molecule has 1 unspecified atom stereocenters. The standard InChI is InChI=1S/C18H24ClN5O2/c19-15-2-1-13(11-16(15)24-10-6-21-18(24)26)17(25)23-7-3-14(12-23)22-8-4-20-5-9-22/h1-2,11,14,20H,3-10,12H2,(H,21,26). The van der Waals surface area contributed by atoms with Crippen LogP contribution >= 0.6 is 11.6 Å². The van der Waals surface area contributed by atoms with E-state index >= 15 is 0 Å². The van der Waals surface area contributed by atoms with Crippen LogP contribution in [0.2, 0.25) is 5.02 Å². The Morgan fingerprint density at radius 1 is 1.12 bits per heavy atom. The van der Waals surface area contributed by atoms with E-state index in [-0.39, 0.29) is 11.9 Å². The zero-order chi connectivity index (χ0) is 18.1. The number of nitrogens with one attached hydrogen (secondary N) is 2. The first kappa shape index (κ1) is 17.6.